The Morgan fingerprint density at radius 1 is 1.37 bits per heavy atom. The summed E-state index contributed by atoms with van der Waals surface area (Å²) >= 11 is 0. The van der Waals surface area contributed by atoms with E-state index in [1.165, 1.54) is 13.8 Å². The molecule has 1 aromatic carbocycles. The lowest BCUT2D eigenvalue weighted by Gasteiger charge is -2.20. The zero-order valence-corrected chi connectivity index (χ0v) is 10.1. The van der Waals surface area contributed by atoms with Crippen LogP contribution in [-0.2, 0) is 10.3 Å². The molecule has 8 heteroatoms. The number of carboxylic acid groups (broad SMARTS) is 1. The zero-order valence-electron chi connectivity index (χ0n) is 10.1. The van der Waals surface area contributed by atoms with Crippen LogP contribution >= 0.6 is 0 Å². The first-order valence-electron chi connectivity index (χ1n) is 5.31. The molecule has 0 spiro atoms. The van der Waals surface area contributed by atoms with Crippen LogP contribution in [0.2, 0.25) is 0 Å². The topological polar surface area (TPSA) is 80.9 Å². The largest absolute Gasteiger partial charge is 0.479 e. The predicted molar refractivity (Wildman–Crippen MR) is 60.1 cm³/mol. The molecule has 0 bridgehead atoms. The van der Waals surface area contributed by atoms with Crippen molar-refractivity contribution in [2.45, 2.75) is 19.4 Å². The number of nitrogens with zero attached hydrogens (tertiary/aromatic N) is 4. The summed E-state index contributed by atoms with van der Waals surface area (Å²) in [7, 11) is 0. The third-order valence-corrected chi connectivity index (χ3v) is 2.69. The minimum atomic E-state index is -1.46. The first kappa shape index (κ1) is 13.1. The lowest BCUT2D eigenvalue weighted by molar-refractivity contribution is -0.146. The van der Waals surface area contributed by atoms with Crippen LogP contribution in [0.25, 0.3) is 11.4 Å². The number of halogens is 2. The summed E-state index contributed by atoms with van der Waals surface area (Å²) in [4.78, 5) is 11.2. The molecular weight excluding hydrogens is 258 g/mol. The first-order valence-corrected chi connectivity index (χ1v) is 5.31. The fraction of sp³-hybridized carbons (Fsp3) is 0.273. The van der Waals surface area contributed by atoms with Crippen LogP contribution in [0.4, 0.5) is 8.78 Å². The quantitative estimate of drug-likeness (QED) is 0.910. The standard InChI is InChI=1S/C11H10F2N4O2/c1-11(2,10(18)19)17-9(14-15-16-17)7-4-3-6(12)5-8(7)13/h3-5H,1-2H3,(H,18,19). The average Bonchev–Trinajstić information content (AvgIpc) is 2.78. The van der Waals surface area contributed by atoms with Gasteiger partial charge >= 0.3 is 5.97 Å². The molecule has 2 aromatic rings. The maximum atomic E-state index is 13.7. The van der Waals surface area contributed by atoms with E-state index in [1.54, 1.807) is 0 Å². The van der Waals surface area contributed by atoms with Gasteiger partial charge in [0.25, 0.3) is 0 Å². The third-order valence-electron chi connectivity index (χ3n) is 2.69. The number of carboxylic acids is 1. The van der Waals surface area contributed by atoms with E-state index in [9.17, 15) is 13.6 Å². The van der Waals surface area contributed by atoms with E-state index in [-0.39, 0.29) is 11.4 Å². The Bertz CT molecular complexity index is 639. The zero-order chi connectivity index (χ0) is 14.2. The van der Waals surface area contributed by atoms with Crippen LogP contribution in [0.3, 0.4) is 0 Å². The summed E-state index contributed by atoms with van der Waals surface area (Å²) in [5, 5.41) is 19.6. The Balaban J connectivity index is 2.60. The second-order valence-electron chi connectivity index (χ2n) is 4.40. The molecule has 0 aliphatic heterocycles. The molecule has 19 heavy (non-hydrogen) atoms. The first-order chi connectivity index (χ1) is 8.84. The van der Waals surface area contributed by atoms with Crippen LogP contribution in [0.5, 0.6) is 0 Å². The SMILES string of the molecule is CC(C)(C(=O)O)n1nnnc1-c1ccc(F)cc1F. The van der Waals surface area contributed by atoms with Gasteiger partial charge < -0.3 is 5.11 Å². The fourth-order valence-electron chi connectivity index (χ4n) is 1.49. The van der Waals surface area contributed by atoms with Crippen LogP contribution < -0.4 is 0 Å². The number of benzene rings is 1. The molecule has 0 unspecified atom stereocenters. The van der Waals surface area contributed by atoms with Crippen LogP contribution in [0.15, 0.2) is 18.2 Å². The van der Waals surface area contributed by atoms with Crippen molar-refractivity contribution >= 4 is 5.97 Å². The predicted octanol–water partition coefficient (Wildman–Crippen LogP) is 1.44. The van der Waals surface area contributed by atoms with E-state index < -0.39 is 23.1 Å². The van der Waals surface area contributed by atoms with Gasteiger partial charge in [-0.15, -0.1) is 5.10 Å². The Labute approximate surface area is 106 Å². The molecular formula is C11H10F2N4O2. The van der Waals surface area contributed by atoms with E-state index in [0.29, 0.717) is 6.07 Å². The maximum absolute atomic E-state index is 13.7. The van der Waals surface area contributed by atoms with E-state index in [0.717, 1.165) is 16.8 Å². The van der Waals surface area contributed by atoms with Gasteiger partial charge in [-0.3, -0.25) is 0 Å². The lowest BCUT2D eigenvalue weighted by atomic mass is 10.1. The van der Waals surface area contributed by atoms with Crippen LogP contribution in [0, 0.1) is 11.6 Å². The summed E-state index contributed by atoms with van der Waals surface area (Å²) in [6, 6.07) is 2.89. The molecule has 0 atom stereocenters. The van der Waals surface area contributed by atoms with E-state index in [4.69, 9.17) is 5.11 Å². The molecule has 0 saturated heterocycles. The highest BCUT2D eigenvalue weighted by Gasteiger charge is 2.34. The summed E-state index contributed by atoms with van der Waals surface area (Å²) in [6.07, 6.45) is 0. The number of hydrogen-bond acceptors (Lipinski definition) is 4. The van der Waals surface area contributed by atoms with Crippen molar-refractivity contribution < 1.29 is 18.7 Å². The van der Waals surface area contributed by atoms with Gasteiger partial charge in [-0.1, -0.05) is 0 Å². The molecule has 1 aromatic heterocycles. The molecule has 0 radical (unpaired) electrons. The van der Waals surface area contributed by atoms with Crippen molar-refractivity contribution in [3.63, 3.8) is 0 Å². The molecule has 1 N–H and O–H groups in total. The van der Waals surface area contributed by atoms with Crippen LogP contribution in [-0.4, -0.2) is 31.3 Å². The average molecular weight is 268 g/mol. The highest BCUT2D eigenvalue weighted by Crippen LogP contribution is 2.25. The lowest BCUT2D eigenvalue weighted by Crippen LogP contribution is -2.37. The molecule has 100 valence electrons. The smallest absolute Gasteiger partial charge is 0.331 e. The van der Waals surface area contributed by atoms with Gasteiger partial charge in [0.15, 0.2) is 11.4 Å². The second-order valence-corrected chi connectivity index (χ2v) is 4.40. The number of tetrazole rings is 1. The fourth-order valence-corrected chi connectivity index (χ4v) is 1.49. The molecule has 6 nitrogen and oxygen atoms in total. The maximum Gasteiger partial charge on any atom is 0.331 e. The second kappa shape index (κ2) is 4.38. The van der Waals surface area contributed by atoms with Gasteiger partial charge in [0.1, 0.15) is 11.6 Å². The van der Waals surface area contributed by atoms with E-state index in [1.807, 2.05) is 0 Å². The highest BCUT2D eigenvalue weighted by atomic mass is 19.1. The van der Waals surface area contributed by atoms with Crippen molar-refractivity contribution in [1.29, 1.82) is 0 Å². The number of aromatic nitrogens is 4. The van der Waals surface area contributed by atoms with Crippen molar-refractivity contribution in [2.75, 3.05) is 0 Å². The van der Waals surface area contributed by atoms with Crippen molar-refractivity contribution in [3.05, 3.63) is 29.8 Å². The molecule has 1 heterocycles. The summed E-state index contributed by atoms with van der Waals surface area (Å²) in [6.45, 7) is 2.74. The van der Waals surface area contributed by atoms with Crippen LogP contribution in [0.1, 0.15) is 13.8 Å². The molecule has 0 fully saturated rings. The summed E-state index contributed by atoms with van der Waals surface area (Å²) in [5.74, 6) is -2.86. The molecule has 0 saturated carbocycles. The van der Waals surface area contributed by atoms with Gasteiger partial charge in [0, 0.05) is 6.07 Å². The molecule has 0 aliphatic carbocycles. The number of rotatable bonds is 3. The van der Waals surface area contributed by atoms with Gasteiger partial charge in [-0.05, 0) is 36.4 Å². The Hall–Kier alpha value is -2.38. The Morgan fingerprint density at radius 2 is 2.05 bits per heavy atom. The van der Waals surface area contributed by atoms with E-state index in [2.05, 4.69) is 15.5 Å². The number of carbonyl (C=O) groups is 1. The molecule has 0 amide bonds. The Morgan fingerprint density at radius 3 is 2.63 bits per heavy atom. The van der Waals surface area contributed by atoms with Gasteiger partial charge in [0.2, 0.25) is 0 Å². The highest BCUT2D eigenvalue weighted by molar-refractivity contribution is 5.76. The summed E-state index contributed by atoms with van der Waals surface area (Å²) < 4.78 is 27.5. The Kier molecular flexibility index (Phi) is 3.01. The van der Waals surface area contributed by atoms with Crippen molar-refractivity contribution in [1.82, 2.24) is 20.2 Å². The monoisotopic (exact) mass is 268 g/mol. The normalized spacial score (nSPS) is 11.6. The summed E-state index contributed by atoms with van der Waals surface area (Å²) in [5.41, 5.74) is -1.53. The minimum Gasteiger partial charge on any atom is -0.479 e. The van der Waals surface area contributed by atoms with E-state index >= 15 is 0 Å². The van der Waals surface area contributed by atoms with Crippen molar-refractivity contribution in [3.8, 4) is 11.4 Å². The molecule has 2 rings (SSSR count). The number of hydrogen-bond donors (Lipinski definition) is 1. The van der Waals surface area contributed by atoms with Gasteiger partial charge in [0.05, 0.1) is 5.56 Å². The minimum absolute atomic E-state index is 0.0688. The van der Waals surface area contributed by atoms with Gasteiger partial charge in [-0.25, -0.2) is 18.3 Å². The third kappa shape index (κ3) is 2.16. The molecule has 0 aliphatic rings. The number of aliphatic carboxylic acids is 1. The van der Waals surface area contributed by atoms with Gasteiger partial charge in [-0.2, -0.15) is 0 Å². The van der Waals surface area contributed by atoms with Crippen molar-refractivity contribution in [2.24, 2.45) is 0 Å².